The van der Waals surface area contributed by atoms with E-state index in [-0.39, 0.29) is 42.7 Å². The highest BCUT2D eigenvalue weighted by Crippen LogP contribution is 2.23. The van der Waals surface area contributed by atoms with Crippen LogP contribution in [-0.2, 0) is 4.79 Å². The average Bonchev–Trinajstić information content (AvgIpc) is 2.68. The summed E-state index contributed by atoms with van der Waals surface area (Å²) >= 11 is 0. The Labute approximate surface area is 135 Å². The van der Waals surface area contributed by atoms with Gasteiger partial charge in [0.1, 0.15) is 0 Å². The number of amides is 1. The first kappa shape index (κ1) is 23.0. The molecular formula is C12H24Cl2F3N3O. The monoisotopic (exact) mass is 353 g/mol. The Morgan fingerprint density at radius 1 is 1.33 bits per heavy atom. The number of nitrogens with zero attached hydrogens (tertiary/aromatic N) is 1. The number of nitrogens with two attached hydrogens (primary N) is 1. The fraction of sp³-hybridized carbons (Fsp3) is 0.917. The third-order valence-corrected chi connectivity index (χ3v) is 3.31. The summed E-state index contributed by atoms with van der Waals surface area (Å²) in [5, 5.41) is 2.76. The lowest BCUT2D eigenvalue weighted by Crippen LogP contribution is -2.35. The van der Waals surface area contributed by atoms with Gasteiger partial charge in [-0.2, -0.15) is 13.2 Å². The number of nitrogens with one attached hydrogen (secondary N) is 1. The predicted octanol–water partition coefficient (Wildman–Crippen LogP) is 1.96. The van der Waals surface area contributed by atoms with Crippen LogP contribution in [-0.4, -0.2) is 49.7 Å². The van der Waals surface area contributed by atoms with Crippen molar-refractivity contribution in [1.82, 2.24) is 10.2 Å². The molecule has 2 unspecified atom stereocenters. The van der Waals surface area contributed by atoms with Crippen LogP contribution in [0.2, 0.25) is 0 Å². The number of halogens is 5. The van der Waals surface area contributed by atoms with E-state index in [1.54, 1.807) is 0 Å². The molecule has 9 heteroatoms. The van der Waals surface area contributed by atoms with E-state index in [1.165, 1.54) is 11.9 Å². The highest BCUT2D eigenvalue weighted by Gasteiger charge is 2.29. The minimum Gasteiger partial charge on any atom is -0.356 e. The summed E-state index contributed by atoms with van der Waals surface area (Å²) in [4.78, 5) is 12.9. The molecule has 0 radical (unpaired) electrons. The van der Waals surface area contributed by atoms with Crippen molar-refractivity contribution in [3.8, 4) is 0 Å². The molecule has 0 saturated heterocycles. The first-order valence-electron chi connectivity index (χ1n) is 6.56. The summed E-state index contributed by atoms with van der Waals surface area (Å²) < 4.78 is 36.2. The van der Waals surface area contributed by atoms with Crippen molar-refractivity contribution < 1.29 is 18.0 Å². The summed E-state index contributed by atoms with van der Waals surface area (Å²) in [5.41, 5.74) is 5.72. The molecule has 0 aromatic rings. The van der Waals surface area contributed by atoms with Crippen LogP contribution in [0.25, 0.3) is 0 Å². The SMILES string of the molecule is CN(CCCNC(=O)C1CCC(N)C1)CC(F)(F)F.Cl.Cl. The van der Waals surface area contributed by atoms with Crippen molar-refractivity contribution in [3.63, 3.8) is 0 Å². The first-order valence-corrected chi connectivity index (χ1v) is 6.56. The standard InChI is InChI=1S/C12H22F3N3O.2ClH/c1-18(8-12(13,14)15)6-2-5-17-11(19)9-3-4-10(16)7-9;;/h9-10H,2-8,16H2,1H3,(H,17,19);2*1H. The van der Waals surface area contributed by atoms with Crippen molar-refractivity contribution in [1.29, 1.82) is 0 Å². The van der Waals surface area contributed by atoms with E-state index in [0.717, 1.165) is 12.8 Å². The highest BCUT2D eigenvalue weighted by atomic mass is 35.5. The van der Waals surface area contributed by atoms with E-state index in [4.69, 9.17) is 5.73 Å². The van der Waals surface area contributed by atoms with Gasteiger partial charge in [-0.3, -0.25) is 9.69 Å². The molecule has 21 heavy (non-hydrogen) atoms. The Morgan fingerprint density at radius 3 is 2.43 bits per heavy atom. The van der Waals surface area contributed by atoms with E-state index in [0.29, 0.717) is 25.9 Å². The van der Waals surface area contributed by atoms with Crippen LogP contribution in [0.3, 0.4) is 0 Å². The number of carbonyl (C=O) groups excluding carboxylic acids is 1. The van der Waals surface area contributed by atoms with Crippen LogP contribution in [0.15, 0.2) is 0 Å². The van der Waals surface area contributed by atoms with Crippen molar-refractivity contribution in [2.75, 3.05) is 26.7 Å². The Bertz CT molecular complexity index is 306. The van der Waals surface area contributed by atoms with Crippen LogP contribution >= 0.6 is 24.8 Å². The van der Waals surface area contributed by atoms with Gasteiger partial charge in [0.15, 0.2) is 0 Å². The Balaban J connectivity index is 0. The number of hydrogen-bond donors (Lipinski definition) is 2. The molecule has 0 aromatic heterocycles. The Morgan fingerprint density at radius 2 is 1.95 bits per heavy atom. The molecule has 0 spiro atoms. The minimum absolute atomic E-state index is 0. The molecule has 128 valence electrons. The van der Waals surface area contributed by atoms with Gasteiger partial charge in [-0.05, 0) is 39.3 Å². The van der Waals surface area contributed by atoms with E-state index in [2.05, 4.69) is 5.32 Å². The van der Waals surface area contributed by atoms with Gasteiger partial charge in [0.05, 0.1) is 6.54 Å². The third-order valence-electron chi connectivity index (χ3n) is 3.31. The normalized spacial score (nSPS) is 21.6. The molecule has 1 aliphatic carbocycles. The lowest BCUT2D eigenvalue weighted by atomic mass is 10.1. The summed E-state index contributed by atoms with van der Waals surface area (Å²) in [6.45, 7) is -0.199. The van der Waals surface area contributed by atoms with E-state index in [1.807, 2.05) is 0 Å². The summed E-state index contributed by atoms with van der Waals surface area (Å²) in [7, 11) is 1.42. The number of rotatable bonds is 6. The summed E-state index contributed by atoms with van der Waals surface area (Å²) in [6.07, 6.45) is -1.28. The fourth-order valence-electron chi connectivity index (χ4n) is 2.34. The largest absolute Gasteiger partial charge is 0.401 e. The molecule has 0 bridgehead atoms. The molecule has 3 N–H and O–H groups in total. The van der Waals surface area contributed by atoms with Gasteiger partial charge >= 0.3 is 6.18 Å². The maximum absolute atomic E-state index is 12.1. The van der Waals surface area contributed by atoms with Crippen molar-refractivity contribution in [2.24, 2.45) is 11.7 Å². The molecular weight excluding hydrogens is 330 g/mol. The van der Waals surface area contributed by atoms with Gasteiger partial charge in [0.25, 0.3) is 0 Å². The van der Waals surface area contributed by atoms with Gasteiger partial charge in [0, 0.05) is 18.5 Å². The second-order valence-electron chi connectivity index (χ2n) is 5.27. The molecule has 0 aromatic carbocycles. The smallest absolute Gasteiger partial charge is 0.356 e. The summed E-state index contributed by atoms with van der Waals surface area (Å²) in [6, 6.07) is 0.105. The molecule has 1 amide bonds. The second kappa shape index (κ2) is 10.5. The number of carbonyl (C=O) groups is 1. The summed E-state index contributed by atoms with van der Waals surface area (Å²) in [5.74, 6) is -0.0469. The highest BCUT2D eigenvalue weighted by molar-refractivity contribution is 5.85. The van der Waals surface area contributed by atoms with Crippen LogP contribution in [0.4, 0.5) is 13.2 Å². The van der Waals surface area contributed by atoms with Crippen LogP contribution in [0.5, 0.6) is 0 Å². The van der Waals surface area contributed by atoms with Crippen LogP contribution < -0.4 is 11.1 Å². The third kappa shape index (κ3) is 10.2. The maximum Gasteiger partial charge on any atom is 0.401 e. The van der Waals surface area contributed by atoms with Gasteiger partial charge in [0.2, 0.25) is 5.91 Å². The second-order valence-corrected chi connectivity index (χ2v) is 5.27. The number of alkyl halides is 3. The molecule has 2 atom stereocenters. The lowest BCUT2D eigenvalue weighted by Gasteiger charge is -2.18. The van der Waals surface area contributed by atoms with Crippen molar-refractivity contribution in [2.45, 2.75) is 37.9 Å². The molecule has 1 aliphatic rings. The predicted molar refractivity (Wildman–Crippen MR) is 81.0 cm³/mol. The van der Waals surface area contributed by atoms with Crippen LogP contribution in [0, 0.1) is 5.92 Å². The van der Waals surface area contributed by atoms with Gasteiger partial charge in [-0.1, -0.05) is 0 Å². The van der Waals surface area contributed by atoms with Gasteiger partial charge in [-0.25, -0.2) is 0 Å². The molecule has 1 rings (SSSR count). The molecule has 0 aliphatic heterocycles. The van der Waals surface area contributed by atoms with Gasteiger partial charge in [-0.15, -0.1) is 24.8 Å². The van der Waals surface area contributed by atoms with E-state index in [9.17, 15) is 18.0 Å². The molecule has 0 heterocycles. The zero-order valence-corrected chi connectivity index (χ0v) is 13.6. The number of hydrogen-bond acceptors (Lipinski definition) is 3. The van der Waals surface area contributed by atoms with E-state index < -0.39 is 12.7 Å². The molecule has 1 saturated carbocycles. The Hall–Kier alpha value is -0.240. The lowest BCUT2D eigenvalue weighted by molar-refractivity contribution is -0.143. The van der Waals surface area contributed by atoms with Gasteiger partial charge < -0.3 is 11.1 Å². The van der Waals surface area contributed by atoms with Crippen molar-refractivity contribution in [3.05, 3.63) is 0 Å². The van der Waals surface area contributed by atoms with Crippen LogP contribution in [0.1, 0.15) is 25.7 Å². The first-order chi connectivity index (χ1) is 8.78. The molecule has 4 nitrogen and oxygen atoms in total. The average molecular weight is 354 g/mol. The topological polar surface area (TPSA) is 58.4 Å². The van der Waals surface area contributed by atoms with Crippen molar-refractivity contribution >= 4 is 30.7 Å². The molecule has 1 fully saturated rings. The zero-order valence-electron chi connectivity index (χ0n) is 12.0. The minimum atomic E-state index is -4.17. The van der Waals surface area contributed by atoms with E-state index >= 15 is 0 Å². The maximum atomic E-state index is 12.1. The quantitative estimate of drug-likeness (QED) is 0.717. The zero-order chi connectivity index (χ0) is 14.5. The Kier molecular flexibility index (Phi) is 11.5. The fourth-order valence-corrected chi connectivity index (χ4v) is 2.34.